The Kier molecular flexibility index (Phi) is 2.25. The Hall–Kier alpha value is 0.0700. The molecule has 0 amide bonds. The Morgan fingerprint density at radius 3 is 3.09 bits per heavy atom. The van der Waals surface area contributed by atoms with E-state index in [2.05, 4.69) is 26.2 Å². The van der Waals surface area contributed by atoms with Crippen molar-refractivity contribution >= 4 is 27.3 Å². The van der Waals surface area contributed by atoms with Crippen LogP contribution in [0.15, 0.2) is 9.98 Å². The van der Waals surface area contributed by atoms with Gasteiger partial charge in [-0.3, -0.25) is 0 Å². The van der Waals surface area contributed by atoms with Crippen LogP contribution in [0.1, 0.15) is 17.8 Å². The summed E-state index contributed by atoms with van der Waals surface area (Å²) in [5.74, 6) is 0. The van der Waals surface area contributed by atoms with Crippen molar-refractivity contribution in [1.82, 2.24) is 10.3 Å². The van der Waals surface area contributed by atoms with Crippen LogP contribution in [0.4, 0.5) is 0 Å². The minimum Gasteiger partial charge on any atom is -0.308 e. The van der Waals surface area contributed by atoms with E-state index in [1.54, 1.807) is 11.3 Å². The second-order valence-electron chi connectivity index (χ2n) is 2.71. The van der Waals surface area contributed by atoms with Gasteiger partial charge in [0.15, 0.2) is 0 Å². The SMILES string of the molecule is Brc1cnc(CNC2CC2)s1. The zero-order valence-electron chi connectivity index (χ0n) is 6.01. The number of rotatable bonds is 3. The van der Waals surface area contributed by atoms with Crippen LogP contribution in [0.3, 0.4) is 0 Å². The number of nitrogens with zero attached hydrogens (tertiary/aromatic N) is 1. The molecule has 4 heteroatoms. The quantitative estimate of drug-likeness (QED) is 0.865. The van der Waals surface area contributed by atoms with Crippen molar-refractivity contribution in [3.63, 3.8) is 0 Å². The molecule has 1 heterocycles. The fraction of sp³-hybridized carbons (Fsp3) is 0.571. The Morgan fingerprint density at radius 2 is 2.55 bits per heavy atom. The third kappa shape index (κ3) is 2.25. The van der Waals surface area contributed by atoms with Gasteiger partial charge in [0.05, 0.1) is 9.98 Å². The molecule has 0 atom stereocenters. The van der Waals surface area contributed by atoms with Crippen molar-refractivity contribution < 1.29 is 0 Å². The van der Waals surface area contributed by atoms with Gasteiger partial charge in [0.2, 0.25) is 0 Å². The Labute approximate surface area is 78.2 Å². The molecule has 2 nitrogen and oxygen atoms in total. The largest absolute Gasteiger partial charge is 0.308 e. The van der Waals surface area contributed by atoms with E-state index in [4.69, 9.17) is 0 Å². The normalized spacial score (nSPS) is 17.2. The number of hydrogen-bond acceptors (Lipinski definition) is 3. The first-order chi connectivity index (χ1) is 5.34. The molecule has 0 saturated heterocycles. The molecule has 1 saturated carbocycles. The molecule has 1 aliphatic carbocycles. The van der Waals surface area contributed by atoms with E-state index in [0.717, 1.165) is 16.4 Å². The van der Waals surface area contributed by atoms with E-state index in [1.165, 1.54) is 17.8 Å². The molecule has 0 aliphatic heterocycles. The van der Waals surface area contributed by atoms with Crippen molar-refractivity contribution in [3.8, 4) is 0 Å². The highest BCUT2D eigenvalue weighted by Gasteiger charge is 2.20. The third-order valence-corrected chi connectivity index (χ3v) is 3.12. The molecule has 0 unspecified atom stereocenters. The van der Waals surface area contributed by atoms with Gasteiger partial charge < -0.3 is 5.32 Å². The predicted octanol–water partition coefficient (Wildman–Crippen LogP) is 2.16. The molecule has 11 heavy (non-hydrogen) atoms. The topological polar surface area (TPSA) is 24.9 Å². The second kappa shape index (κ2) is 3.21. The number of nitrogens with one attached hydrogen (secondary N) is 1. The van der Waals surface area contributed by atoms with Crippen LogP contribution in [-0.2, 0) is 6.54 Å². The van der Waals surface area contributed by atoms with Crippen LogP contribution < -0.4 is 5.32 Å². The summed E-state index contributed by atoms with van der Waals surface area (Å²) in [6.07, 6.45) is 4.54. The summed E-state index contributed by atoms with van der Waals surface area (Å²) in [4.78, 5) is 4.22. The van der Waals surface area contributed by atoms with Crippen LogP contribution in [0.5, 0.6) is 0 Å². The molecule has 0 aromatic carbocycles. The molecule has 0 radical (unpaired) electrons. The molecule has 1 aromatic rings. The van der Waals surface area contributed by atoms with Crippen LogP contribution in [0.25, 0.3) is 0 Å². The fourth-order valence-electron chi connectivity index (χ4n) is 0.889. The van der Waals surface area contributed by atoms with E-state index in [-0.39, 0.29) is 0 Å². The minimum absolute atomic E-state index is 0.776. The van der Waals surface area contributed by atoms with Gasteiger partial charge in [-0.15, -0.1) is 11.3 Å². The monoisotopic (exact) mass is 232 g/mol. The first kappa shape index (κ1) is 7.71. The molecule has 0 spiro atoms. The zero-order valence-corrected chi connectivity index (χ0v) is 8.41. The summed E-state index contributed by atoms with van der Waals surface area (Å²) < 4.78 is 1.12. The summed E-state index contributed by atoms with van der Waals surface area (Å²) in [5, 5.41) is 4.58. The molecular formula is C7H9BrN2S. The number of aromatic nitrogens is 1. The highest BCUT2D eigenvalue weighted by molar-refractivity contribution is 9.11. The van der Waals surface area contributed by atoms with Crippen molar-refractivity contribution in [2.75, 3.05) is 0 Å². The number of thiazole rings is 1. The number of hydrogen-bond donors (Lipinski definition) is 1. The van der Waals surface area contributed by atoms with Gasteiger partial charge in [0, 0.05) is 12.6 Å². The van der Waals surface area contributed by atoms with Gasteiger partial charge in [-0.25, -0.2) is 4.98 Å². The van der Waals surface area contributed by atoms with Crippen LogP contribution in [0.2, 0.25) is 0 Å². The Balaban J connectivity index is 1.85. The second-order valence-corrected chi connectivity index (χ2v) is 5.21. The maximum atomic E-state index is 4.22. The average molecular weight is 233 g/mol. The van der Waals surface area contributed by atoms with Gasteiger partial charge in [0.1, 0.15) is 5.01 Å². The fourth-order valence-corrected chi connectivity index (χ4v) is 2.14. The van der Waals surface area contributed by atoms with E-state index in [1.807, 2.05) is 6.20 Å². The van der Waals surface area contributed by atoms with Crippen LogP contribution in [-0.4, -0.2) is 11.0 Å². The van der Waals surface area contributed by atoms with E-state index >= 15 is 0 Å². The Bertz CT molecular complexity index is 244. The van der Waals surface area contributed by atoms with Crippen molar-refractivity contribution in [2.45, 2.75) is 25.4 Å². The summed E-state index contributed by atoms with van der Waals surface area (Å²) in [7, 11) is 0. The lowest BCUT2D eigenvalue weighted by Gasteiger charge is -1.95. The predicted molar refractivity (Wildman–Crippen MR) is 49.7 cm³/mol. The summed E-state index contributed by atoms with van der Waals surface area (Å²) >= 11 is 5.08. The summed E-state index contributed by atoms with van der Waals surface area (Å²) in [6.45, 7) is 0.931. The lowest BCUT2D eigenvalue weighted by Crippen LogP contribution is -2.14. The maximum Gasteiger partial charge on any atom is 0.107 e. The van der Waals surface area contributed by atoms with E-state index in [0.29, 0.717) is 0 Å². The highest BCUT2D eigenvalue weighted by atomic mass is 79.9. The van der Waals surface area contributed by atoms with Gasteiger partial charge in [-0.05, 0) is 28.8 Å². The lowest BCUT2D eigenvalue weighted by molar-refractivity contribution is 0.684. The highest BCUT2D eigenvalue weighted by Crippen LogP contribution is 2.22. The van der Waals surface area contributed by atoms with Crippen LogP contribution in [0, 0.1) is 0 Å². The molecular weight excluding hydrogens is 224 g/mol. The van der Waals surface area contributed by atoms with Crippen molar-refractivity contribution in [2.24, 2.45) is 0 Å². The summed E-state index contributed by atoms with van der Waals surface area (Å²) in [5.41, 5.74) is 0. The molecule has 2 rings (SSSR count). The van der Waals surface area contributed by atoms with Crippen molar-refractivity contribution in [1.29, 1.82) is 0 Å². The first-order valence-corrected chi connectivity index (χ1v) is 5.29. The minimum atomic E-state index is 0.776. The molecule has 60 valence electrons. The van der Waals surface area contributed by atoms with E-state index in [9.17, 15) is 0 Å². The molecule has 1 aromatic heterocycles. The van der Waals surface area contributed by atoms with Crippen LogP contribution >= 0.6 is 27.3 Å². The van der Waals surface area contributed by atoms with Gasteiger partial charge in [-0.1, -0.05) is 0 Å². The molecule has 1 aliphatic rings. The first-order valence-electron chi connectivity index (χ1n) is 3.68. The molecule has 0 bridgehead atoms. The van der Waals surface area contributed by atoms with Gasteiger partial charge in [-0.2, -0.15) is 0 Å². The standard InChI is InChI=1S/C7H9BrN2S/c8-6-3-10-7(11-6)4-9-5-1-2-5/h3,5,9H,1-2,4H2. The van der Waals surface area contributed by atoms with E-state index < -0.39 is 0 Å². The average Bonchev–Trinajstić information content (AvgIpc) is 2.72. The number of halogens is 1. The zero-order chi connectivity index (χ0) is 7.68. The summed E-state index contributed by atoms with van der Waals surface area (Å²) in [6, 6.07) is 0.776. The smallest absolute Gasteiger partial charge is 0.107 e. The third-order valence-electron chi connectivity index (χ3n) is 1.64. The van der Waals surface area contributed by atoms with Gasteiger partial charge >= 0.3 is 0 Å². The molecule has 1 fully saturated rings. The van der Waals surface area contributed by atoms with Crippen molar-refractivity contribution in [3.05, 3.63) is 15.0 Å². The lowest BCUT2D eigenvalue weighted by atomic mass is 10.6. The maximum absolute atomic E-state index is 4.22. The molecule has 1 N–H and O–H groups in total. The Morgan fingerprint density at radius 1 is 1.73 bits per heavy atom. The van der Waals surface area contributed by atoms with Gasteiger partial charge in [0.25, 0.3) is 0 Å².